The Labute approximate surface area is 191 Å². The van der Waals surface area contributed by atoms with Gasteiger partial charge in [0.1, 0.15) is 28.6 Å². The first-order valence-electron chi connectivity index (χ1n) is 10.5. The molecule has 1 unspecified atom stereocenters. The molecule has 2 atom stereocenters. The fourth-order valence-corrected chi connectivity index (χ4v) is 5.68. The lowest BCUT2D eigenvalue weighted by molar-refractivity contribution is -0.118. The van der Waals surface area contributed by atoms with Crippen LogP contribution in [-0.4, -0.2) is 26.4 Å². The topological polar surface area (TPSA) is 104 Å². The lowest BCUT2D eigenvalue weighted by Gasteiger charge is -2.17. The number of amides is 1. The standard InChI is InChI=1S/C24H22N2O6S/c1-30-24-12-9-17(14-25-24)32-20-4-2-3-18-19(20)10-11-21(18)31-16-7-5-15(6-8-16)22-13-23(27)26-33(22,28)29/h2-9,12,14,21-22H,10-11,13H2,1H3,(H,26,27)/t21-,22?/m1/s1. The Hall–Kier alpha value is -3.59. The van der Waals surface area contributed by atoms with Crippen LogP contribution < -0.4 is 18.9 Å². The highest BCUT2D eigenvalue weighted by atomic mass is 32.2. The molecule has 8 nitrogen and oxygen atoms in total. The summed E-state index contributed by atoms with van der Waals surface area (Å²) < 4.78 is 43.6. The molecule has 3 aromatic rings. The molecule has 0 spiro atoms. The Morgan fingerprint density at radius 1 is 1.03 bits per heavy atom. The van der Waals surface area contributed by atoms with Gasteiger partial charge in [0.2, 0.25) is 21.8 Å². The van der Waals surface area contributed by atoms with Gasteiger partial charge in [0.25, 0.3) is 0 Å². The highest BCUT2D eigenvalue weighted by molar-refractivity contribution is 7.90. The molecule has 2 aromatic carbocycles. The fraction of sp³-hybridized carbons (Fsp3) is 0.250. The summed E-state index contributed by atoms with van der Waals surface area (Å²) in [5.41, 5.74) is 2.72. The van der Waals surface area contributed by atoms with Gasteiger partial charge < -0.3 is 14.2 Å². The minimum atomic E-state index is -3.66. The molecule has 1 aromatic heterocycles. The Balaban J connectivity index is 1.31. The molecular formula is C24H22N2O6S. The number of benzene rings is 2. The maximum absolute atomic E-state index is 12.1. The first-order chi connectivity index (χ1) is 15.9. The largest absolute Gasteiger partial charge is 0.486 e. The highest BCUT2D eigenvalue weighted by Gasteiger charge is 2.37. The number of carbonyl (C=O) groups excluding carboxylic acids is 1. The monoisotopic (exact) mass is 466 g/mol. The second kappa shape index (κ2) is 8.40. The van der Waals surface area contributed by atoms with Gasteiger partial charge >= 0.3 is 0 Å². The van der Waals surface area contributed by atoms with Gasteiger partial charge in [-0.3, -0.25) is 9.52 Å². The lowest BCUT2D eigenvalue weighted by atomic mass is 10.1. The molecule has 2 aliphatic rings. The number of hydrogen-bond acceptors (Lipinski definition) is 7. The Kier molecular flexibility index (Phi) is 5.41. The van der Waals surface area contributed by atoms with Crippen LogP contribution in [0.25, 0.3) is 0 Å². The number of pyridine rings is 1. The third kappa shape index (κ3) is 4.23. The fourth-order valence-electron chi connectivity index (χ4n) is 4.25. The number of hydrogen-bond donors (Lipinski definition) is 1. The van der Waals surface area contributed by atoms with Gasteiger partial charge in [-0.15, -0.1) is 0 Å². The quantitative estimate of drug-likeness (QED) is 0.589. The number of nitrogens with one attached hydrogen (secondary N) is 1. The van der Waals surface area contributed by atoms with Crippen LogP contribution in [0.2, 0.25) is 0 Å². The summed E-state index contributed by atoms with van der Waals surface area (Å²) in [6.07, 6.45) is 3.03. The van der Waals surface area contributed by atoms with E-state index in [1.54, 1.807) is 43.6 Å². The summed E-state index contributed by atoms with van der Waals surface area (Å²) in [6, 6.07) is 16.3. The number of methoxy groups -OCH3 is 1. The van der Waals surface area contributed by atoms with Gasteiger partial charge in [0, 0.05) is 11.6 Å². The minimum absolute atomic E-state index is 0.0645. The zero-order chi connectivity index (χ0) is 23.0. The van der Waals surface area contributed by atoms with Crippen LogP contribution in [0.5, 0.6) is 23.1 Å². The predicted octanol–water partition coefficient (Wildman–Crippen LogP) is 3.84. The van der Waals surface area contributed by atoms with Crippen molar-refractivity contribution < 1.29 is 27.4 Å². The summed E-state index contributed by atoms with van der Waals surface area (Å²) in [4.78, 5) is 15.7. The van der Waals surface area contributed by atoms with Crippen molar-refractivity contribution in [3.8, 4) is 23.1 Å². The maximum atomic E-state index is 12.1. The minimum Gasteiger partial charge on any atom is -0.486 e. The van der Waals surface area contributed by atoms with Gasteiger partial charge in [0.05, 0.1) is 19.7 Å². The van der Waals surface area contributed by atoms with Crippen molar-refractivity contribution in [3.05, 3.63) is 77.5 Å². The van der Waals surface area contributed by atoms with Crippen molar-refractivity contribution in [2.45, 2.75) is 30.6 Å². The Bertz CT molecular complexity index is 1290. The zero-order valence-electron chi connectivity index (χ0n) is 17.9. The summed E-state index contributed by atoms with van der Waals surface area (Å²) in [7, 11) is -2.10. The Morgan fingerprint density at radius 2 is 1.82 bits per heavy atom. The molecule has 33 heavy (non-hydrogen) atoms. The van der Waals surface area contributed by atoms with Crippen LogP contribution in [0.4, 0.5) is 0 Å². The van der Waals surface area contributed by atoms with E-state index in [1.807, 2.05) is 29.0 Å². The first-order valence-corrected chi connectivity index (χ1v) is 12.1. The average Bonchev–Trinajstić information content (AvgIpc) is 3.34. The highest BCUT2D eigenvalue weighted by Crippen LogP contribution is 2.41. The van der Waals surface area contributed by atoms with E-state index in [4.69, 9.17) is 14.2 Å². The van der Waals surface area contributed by atoms with E-state index in [0.717, 1.165) is 29.7 Å². The van der Waals surface area contributed by atoms with Crippen molar-refractivity contribution in [2.75, 3.05) is 7.11 Å². The second-order valence-electron chi connectivity index (χ2n) is 7.94. The third-order valence-corrected chi connectivity index (χ3v) is 7.55. The van der Waals surface area contributed by atoms with Crippen LogP contribution in [0.15, 0.2) is 60.8 Å². The smallest absolute Gasteiger partial charge is 0.242 e. The number of rotatable bonds is 6. The van der Waals surface area contributed by atoms with Crippen LogP contribution in [0, 0.1) is 0 Å². The number of sulfonamides is 1. The summed E-state index contributed by atoms with van der Waals surface area (Å²) in [5.74, 6) is 2.07. The number of ether oxygens (including phenoxy) is 3. The molecule has 5 rings (SSSR count). The zero-order valence-corrected chi connectivity index (χ0v) is 18.7. The summed E-state index contributed by atoms with van der Waals surface area (Å²) in [5, 5.41) is -0.863. The number of fused-ring (bicyclic) bond motifs is 1. The van der Waals surface area contributed by atoms with E-state index < -0.39 is 21.2 Å². The third-order valence-electron chi connectivity index (χ3n) is 5.85. The molecule has 170 valence electrons. The molecule has 2 heterocycles. The van der Waals surface area contributed by atoms with Crippen LogP contribution in [0.1, 0.15) is 40.9 Å². The number of carbonyl (C=O) groups is 1. The van der Waals surface area contributed by atoms with Gasteiger partial charge in [0.15, 0.2) is 0 Å². The normalized spacial score (nSPS) is 20.7. The SMILES string of the molecule is COc1ccc(Oc2cccc3c2CC[C@H]3Oc2ccc(C3CC(=O)NS3(=O)=O)cc2)cn1. The van der Waals surface area contributed by atoms with Gasteiger partial charge in [-0.25, -0.2) is 13.4 Å². The van der Waals surface area contributed by atoms with Crippen LogP contribution >= 0.6 is 0 Å². The van der Waals surface area contributed by atoms with Crippen molar-refractivity contribution in [1.82, 2.24) is 9.71 Å². The lowest BCUT2D eigenvalue weighted by Crippen LogP contribution is -2.21. The molecule has 0 bridgehead atoms. The van der Waals surface area contributed by atoms with Crippen molar-refractivity contribution in [1.29, 1.82) is 0 Å². The van der Waals surface area contributed by atoms with E-state index >= 15 is 0 Å². The van der Waals surface area contributed by atoms with E-state index in [1.165, 1.54) is 0 Å². The summed E-state index contributed by atoms with van der Waals surface area (Å²) in [6.45, 7) is 0. The molecule has 0 saturated carbocycles. The molecule has 1 fully saturated rings. The molecule has 1 aliphatic heterocycles. The van der Waals surface area contributed by atoms with E-state index in [9.17, 15) is 13.2 Å². The molecular weight excluding hydrogens is 444 g/mol. The second-order valence-corrected chi connectivity index (χ2v) is 9.80. The number of nitrogens with zero attached hydrogens (tertiary/aromatic N) is 1. The average molecular weight is 467 g/mol. The molecule has 1 aliphatic carbocycles. The van der Waals surface area contributed by atoms with Crippen LogP contribution in [0.3, 0.4) is 0 Å². The summed E-state index contributed by atoms with van der Waals surface area (Å²) >= 11 is 0. The van der Waals surface area contributed by atoms with E-state index in [0.29, 0.717) is 22.9 Å². The van der Waals surface area contributed by atoms with Gasteiger partial charge in [-0.05, 0) is 48.2 Å². The molecule has 1 saturated heterocycles. The van der Waals surface area contributed by atoms with E-state index in [2.05, 4.69) is 4.98 Å². The first kappa shape index (κ1) is 21.3. The molecule has 9 heteroatoms. The Morgan fingerprint density at radius 3 is 2.48 bits per heavy atom. The molecule has 1 amide bonds. The van der Waals surface area contributed by atoms with E-state index in [-0.39, 0.29) is 12.5 Å². The van der Waals surface area contributed by atoms with Crippen molar-refractivity contribution in [3.63, 3.8) is 0 Å². The van der Waals surface area contributed by atoms with Crippen molar-refractivity contribution in [2.24, 2.45) is 0 Å². The van der Waals surface area contributed by atoms with Gasteiger partial charge in [-0.2, -0.15) is 0 Å². The molecule has 0 radical (unpaired) electrons. The molecule has 1 N–H and O–H groups in total. The van der Waals surface area contributed by atoms with Crippen molar-refractivity contribution >= 4 is 15.9 Å². The maximum Gasteiger partial charge on any atom is 0.242 e. The predicted molar refractivity (Wildman–Crippen MR) is 120 cm³/mol. The van der Waals surface area contributed by atoms with Gasteiger partial charge in [-0.1, -0.05) is 24.3 Å². The van der Waals surface area contributed by atoms with Crippen LogP contribution in [-0.2, 0) is 21.2 Å². The number of aromatic nitrogens is 1.